The molecule has 5 rings (SSSR count). The Bertz CT molecular complexity index is 1340. The number of hydrogen-bond donors (Lipinski definition) is 0. The minimum absolute atomic E-state index is 0.124. The quantitative estimate of drug-likeness (QED) is 0.0830. The van der Waals surface area contributed by atoms with E-state index in [9.17, 15) is 26.7 Å². The van der Waals surface area contributed by atoms with Crippen LogP contribution < -0.4 is 9.47 Å². The third kappa shape index (κ3) is 7.12. The third-order valence-electron chi connectivity index (χ3n) is 8.45. The topological polar surface area (TPSA) is 38.8 Å². The van der Waals surface area contributed by atoms with Crippen molar-refractivity contribution in [2.75, 3.05) is 26.2 Å². The van der Waals surface area contributed by atoms with Crippen LogP contribution in [0, 0.1) is 40.9 Å². The summed E-state index contributed by atoms with van der Waals surface area (Å²) in [5.74, 6) is -11.5. The summed E-state index contributed by atoms with van der Waals surface area (Å²) in [7, 11) is 0. The van der Waals surface area contributed by atoms with E-state index < -0.39 is 40.8 Å². The number of esters is 1. The number of ether oxygens (including phenoxy) is 2. The molecule has 0 spiro atoms. The third-order valence-corrected chi connectivity index (χ3v) is 8.45. The van der Waals surface area contributed by atoms with Crippen molar-refractivity contribution < 1.29 is 36.2 Å². The molecule has 224 valence electrons. The first-order chi connectivity index (χ1) is 20.3. The Labute approximate surface area is 242 Å². The van der Waals surface area contributed by atoms with E-state index in [0.29, 0.717) is 6.61 Å². The molecule has 4 nitrogen and oxygen atoms in total. The molecule has 1 saturated carbocycles. The lowest BCUT2D eigenvalue weighted by Gasteiger charge is -2.34. The molecule has 0 amide bonds. The molecule has 0 aromatic heterocycles. The molecule has 2 fully saturated rings. The van der Waals surface area contributed by atoms with Crippen molar-refractivity contribution in [3.8, 4) is 22.6 Å². The van der Waals surface area contributed by atoms with Crippen LogP contribution in [0.5, 0.6) is 11.5 Å². The number of likely N-dealkylation sites (tertiary alicyclic amines) is 1. The number of hydrogen-bond acceptors (Lipinski definition) is 4. The van der Waals surface area contributed by atoms with Crippen molar-refractivity contribution in [1.29, 1.82) is 0 Å². The second-order valence-corrected chi connectivity index (χ2v) is 11.3. The van der Waals surface area contributed by atoms with Crippen LogP contribution in [-0.2, 0) is 0 Å². The van der Waals surface area contributed by atoms with Gasteiger partial charge in [0.15, 0.2) is 0 Å². The van der Waals surface area contributed by atoms with Crippen LogP contribution in [0.25, 0.3) is 11.1 Å². The Kier molecular flexibility index (Phi) is 9.77. The number of nitrogens with zero attached hydrogens (tertiary/aromatic N) is 1. The number of benzene rings is 3. The summed E-state index contributed by atoms with van der Waals surface area (Å²) >= 11 is 0. The summed E-state index contributed by atoms with van der Waals surface area (Å²) in [6.07, 6.45) is 11.0. The van der Waals surface area contributed by atoms with Crippen LogP contribution in [-0.4, -0.2) is 37.1 Å². The van der Waals surface area contributed by atoms with Crippen molar-refractivity contribution in [2.45, 2.75) is 51.4 Å². The van der Waals surface area contributed by atoms with E-state index in [0.717, 1.165) is 48.3 Å². The fraction of sp³-hybridized carbons (Fsp3) is 0.424. The maximum atomic E-state index is 13.8. The van der Waals surface area contributed by atoms with Gasteiger partial charge in [-0.3, -0.25) is 4.90 Å². The van der Waals surface area contributed by atoms with Crippen molar-refractivity contribution >= 4 is 5.97 Å². The van der Waals surface area contributed by atoms with Gasteiger partial charge in [0.25, 0.3) is 0 Å². The van der Waals surface area contributed by atoms with Gasteiger partial charge in [0.05, 0.1) is 5.56 Å². The highest BCUT2D eigenvalue weighted by Gasteiger charge is 2.29. The average Bonchev–Trinajstić information content (AvgIpc) is 3.03. The van der Waals surface area contributed by atoms with E-state index in [1.54, 1.807) is 12.1 Å². The second kappa shape index (κ2) is 13.7. The van der Waals surface area contributed by atoms with Crippen LogP contribution in [0.4, 0.5) is 22.0 Å². The fourth-order valence-electron chi connectivity index (χ4n) is 6.00. The maximum absolute atomic E-state index is 13.8. The highest BCUT2D eigenvalue weighted by molar-refractivity contribution is 5.91. The maximum Gasteiger partial charge on any atom is 0.343 e. The van der Waals surface area contributed by atoms with Gasteiger partial charge in [-0.25, -0.2) is 18.0 Å². The molecule has 1 aliphatic carbocycles. The molecule has 0 radical (unpaired) electrons. The van der Waals surface area contributed by atoms with Gasteiger partial charge in [-0.1, -0.05) is 56.4 Å². The molecule has 1 saturated heterocycles. The van der Waals surface area contributed by atoms with Gasteiger partial charge < -0.3 is 9.47 Å². The predicted octanol–water partition coefficient (Wildman–Crippen LogP) is 8.33. The van der Waals surface area contributed by atoms with Crippen LogP contribution in [0.15, 0.2) is 48.5 Å². The predicted molar refractivity (Wildman–Crippen MR) is 149 cm³/mol. The van der Waals surface area contributed by atoms with Gasteiger partial charge >= 0.3 is 5.97 Å². The van der Waals surface area contributed by atoms with Gasteiger partial charge in [-0.05, 0) is 79.6 Å². The fourth-order valence-corrected chi connectivity index (χ4v) is 6.00. The summed E-state index contributed by atoms with van der Waals surface area (Å²) in [5.41, 5.74) is 1.45. The first kappa shape index (κ1) is 30.0. The Morgan fingerprint density at radius 1 is 0.690 bits per heavy atom. The van der Waals surface area contributed by atoms with E-state index in [1.165, 1.54) is 63.5 Å². The minimum atomic E-state index is -2.33. The van der Waals surface area contributed by atoms with Crippen LogP contribution in [0.2, 0.25) is 0 Å². The molecule has 2 aliphatic rings. The number of carbonyl (C=O) groups excluding carboxylic acids is 1. The van der Waals surface area contributed by atoms with Crippen LogP contribution in [0.1, 0.15) is 61.7 Å². The van der Waals surface area contributed by atoms with E-state index >= 15 is 0 Å². The smallest absolute Gasteiger partial charge is 0.343 e. The zero-order valence-electron chi connectivity index (χ0n) is 23.3. The number of carbonyl (C=O) groups is 1. The Morgan fingerprint density at radius 3 is 1.81 bits per heavy atom. The molecular weight excluding hydrogens is 553 g/mol. The molecule has 9 heteroatoms. The Hall–Kier alpha value is -3.46. The summed E-state index contributed by atoms with van der Waals surface area (Å²) in [5, 5.41) is 0. The highest BCUT2D eigenvalue weighted by atomic mass is 19.2. The SMILES string of the molecule is O=C(Oc1c(F)c(F)c(F)c(F)c1F)c1ccc(-c2ccc(OCCN3CCC(CC4CCCCC4)CC3)cc2)cc1. The Balaban J connectivity index is 1.08. The number of rotatable bonds is 9. The van der Waals surface area contributed by atoms with Gasteiger partial charge in [-0.2, -0.15) is 8.78 Å². The van der Waals surface area contributed by atoms with Gasteiger partial charge in [-0.15, -0.1) is 0 Å². The number of piperidine rings is 1. The van der Waals surface area contributed by atoms with Crippen molar-refractivity contribution in [2.24, 2.45) is 11.8 Å². The van der Waals surface area contributed by atoms with Gasteiger partial charge in [0, 0.05) is 6.54 Å². The van der Waals surface area contributed by atoms with Gasteiger partial charge in [0.2, 0.25) is 34.8 Å². The second-order valence-electron chi connectivity index (χ2n) is 11.3. The molecule has 3 aromatic rings. The molecule has 3 aromatic carbocycles. The molecular formula is C33H34F5NO3. The minimum Gasteiger partial charge on any atom is -0.492 e. The molecule has 0 bridgehead atoms. The largest absolute Gasteiger partial charge is 0.492 e. The molecule has 0 N–H and O–H groups in total. The lowest BCUT2D eigenvalue weighted by atomic mass is 9.80. The standard InChI is InChI=1S/C33H34F5NO3/c34-27-28(35)30(37)32(31(38)29(27)36)42-33(40)25-8-6-23(7-9-25)24-10-12-26(13-11-24)41-19-18-39-16-14-22(15-17-39)20-21-4-2-1-3-5-21/h6-13,21-22H,1-5,14-20H2. The van der Waals surface area contributed by atoms with Crippen LogP contribution in [0.3, 0.4) is 0 Å². The van der Waals surface area contributed by atoms with E-state index in [4.69, 9.17) is 4.74 Å². The monoisotopic (exact) mass is 587 g/mol. The molecule has 0 atom stereocenters. The van der Waals surface area contributed by atoms with Crippen molar-refractivity contribution in [3.63, 3.8) is 0 Å². The first-order valence-corrected chi connectivity index (χ1v) is 14.6. The lowest BCUT2D eigenvalue weighted by molar-refractivity contribution is 0.0716. The first-order valence-electron chi connectivity index (χ1n) is 14.6. The van der Waals surface area contributed by atoms with Crippen molar-refractivity contribution in [1.82, 2.24) is 4.90 Å². The zero-order valence-corrected chi connectivity index (χ0v) is 23.3. The zero-order chi connectivity index (χ0) is 29.6. The lowest BCUT2D eigenvalue weighted by Crippen LogP contribution is -2.37. The van der Waals surface area contributed by atoms with Gasteiger partial charge in [0.1, 0.15) is 12.4 Å². The Morgan fingerprint density at radius 2 is 1.21 bits per heavy atom. The summed E-state index contributed by atoms with van der Waals surface area (Å²) in [6, 6.07) is 13.3. The van der Waals surface area contributed by atoms with E-state index in [1.807, 2.05) is 24.3 Å². The summed E-state index contributed by atoms with van der Waals surface area (Å²) in [6.45, 7) is 3.75. The summed E-state index contributed by atoms with van der Waals surface area (Å²) < 4.78 is 78.2. The molecule has 1 aliphatic heterocycles. The van der Waals surface area contributed by atoms with E-state index in [-0.39, 0.29) is 5.56 Å². The average molecular weight is 588 g/mol. The highest BCUT2D eigenvalue weighted by Crippen LogP contribution is 2.33. The summed E-state index contributed by atoms with van der Waals surface area (Å²) in [4.78, 5) is 14.8. The van der Waals surface area contributed by atoms with Crippen molar-refractivity contribution in [3.05, 3.63) is 83.2 Å². The van der Waals surface area contributed by atoms with E-state index in [2.05, 4.69) is 9.64 Å². The van der Waals surface area contributed by atoms with Crippen LogP contribution >= 0.6 is 0 Å². The molecule has 1 heterocycles. The number of halogens is 5. The molecule has 42 heavy (non-hydrogen) atoms. The normalized spacial score (nSPS) is 16.9. The molecule has 0 unspecified atom stereocenters.